The van der Waals surface area contributed by atoms with E-state index in [0.29, 0.717) is 6.61 Å². The summed E-state index contributed by atoms with van der Waals surface area (Å²) in [6.45, 7) is 7.65. The first-order chi connectivity index (χ1) is 13.3. The standard InChI is InChI=1S/C20H28N6O/c1-3-27-16-18-8-5-4-7-17(18)15-24-19(21-2)25-11-13-26(14-12-25)20-22-9-6-10-23-20/h4-10H,3,11-16H2,1-2H3,(H,21,24). The Labute approximate surface area is 161 Å². The molecule has 0 amide bonds. The fraction of sp³-hybridized carbons (Fsp3) is 0.450. The number of ether oxygens (including phenoxy) is 1. The van der Waals surface area contributed by atoms with Gasteiger partial charge in [0.15, 0.2) is 5.96 Å². The molecule has 1 fully saturated rings. The Morgan fingerprint density at radius 3 is 2.44 bits per heavy atom. The summed E-state index contributed by atoms with van der Waals surface area (Å²) < 4.78 is 5.58. The van der Waals surface area contributed by atoms with Crippen molar-refractivity contribution in [3.8, 4) is 0 Å². The highest BCUT2D eigenvalue weighted by Crippen LogP contribution is 2.12. The molecule has 0 spiro atoms. The highest BCUT2D eigenvalue weighted by atomic mass is 16.5. The van der Waals surface area contributed by atoms with Gasteiger partial charge in [0.25, 0.3) is 0 Å². The van der Waals surface area contributed by atoms with Crippen molar-refractivity contribution in [3.05, 3.63) is 53.9 Å². The number of guanidine groups is 1. The normalized spacial score (nSPS) is 15.1. The lowest BCUT2D eigenvalue weighted by Gasteiger charge is -2.36. The molecule has 1 aromatic heterocycles. The topological polar surface area (TPSA) is 65.9 Å². The van der Waals surface area contributed by atoms with Gasteiger partial charge < -0.3 is 19.9 Å². The van der Waals surface area contributed by atoms with Crippen molar-refractivity contribution in [1.29, 1.82) is 0 Å². The Balaban J connectivity index is 1.55. The summed E-state index contributed by atoms with van der Waals surface area (Å²) in [6.07, 6.45) is 3.57. The Bertz CT molecular complexity index is 728. The third kappa shape index (κ3) is 5.17. The first-order valence-corrected chi connectivity index (χ1v) is 9.44. The van der Waals surface area contributed by atoms with Crippen LogP contribution in [0.2, 0.25) is 0 Å². The van der Waals surface area contributed by atoms with Crippen LogP contribution in [0, 0.1) is 0 Å². The predicted molar refractivity (Wildman–Crippen MR) is 108 cm³/mol. The van der Waals surface area contributed by atoms with Crippen molar-refractivity contribution in [2.24, 2.45) is 4.99 Å². The van der Waals surface area contributed by atoms with Crippen molar-refractivity contribution in [1.82, 2.24) is 20.2 Å². The van der Waals surface area contributed by atoms with Crippen LogP contribution in [-0.2, 0) is 17.9 Å². The monoisotopic (exact) mass is 368 g/mol. The summed E-state index contributed by atoms with van der Waals surface area (Å²) in [5.41, 5.74) is 2.46. The average Bonchev–Trinajstić information content (AvgIpc) is 2.74. The molecule has 144 valence electrons. The van der Waals surface area contributed by atoms with E-state index < -0.39 is 0 Å². The number of rotatable bonds is 6. The van der Waals surface area contributed by atoms with E-state index in [2.05, 4.69) is 54.3 Å². The molecule has 2 aromatic rings. The highest BCUT2D eigenvalue weighted by Gasteiger charge is 2.21. The van der Waals surface area contributed by atoms with Crippen LogP contribution < -0.4 is 10.2 Å². The third-order valence-corrected chi connectivity index (χ3v) is 4.64. The van der Waals surface area contributed by atoms with Gasteiger partial charge in [0.1, 0.15) is 0 Å². The molecule has 3 rings (SSSR count). The molecule has 0 saturated carbocycles. The van der Waals surface area contributed by atoms with Crippen LogP contribution >= 0.6 is 0 Å². The van der Waals surface area contributed by atoms with Crippen molar-refractivity contribution in [2.75, 3.05) is 44.7 Å². The number of anilines is 1. The molecule has 1 aliphatic rings. The highest BCUT2D eigenvalue weighted by molar-refractivity contribution is 5.80. The Morgan fingerprint density at radius 2 is 1.78 bits per heavy atom. The van der Waals surface area contributed by atoms with Gasteiger partial charge in [0, 0.05) is 58.8 Å². The molecule has 0 bridgehead atoms. The molecule has 7 heteroatoms. The van der Waals surface area contributed by atoms with Crippen molar-refractivity contribution >= 4 is 11.9 Å². The van der Waals surface area contributed by atoms with Crippen LogP contribution in [0.4, 0.5) is 5.95 Å². The number of hydrogen-bond acceptors (Lipinski definition) is 5. The molecule has 7 nitrogen and oxygen atoms in total. The number of piperazine rings is 1. The lowest BCUT2D eigenvalue weighted by molar-refractivity contribution is 0.133. The Kier molecular flexibility index (Phi) is 6.98. The van der Waals surface area contributed by atoms with E-state index in [0.717, 1.165) is 51.2 Å². The minimum atomic E-state index is 0.642. The zero-order valence-electron chi connectivity index (χ0n) is 16.1. The van der Waals surface area contributed by atoms with Gasteiger partial charge in [-0.1, -0.05) is 24.3 Å². The third-order valence-electron chi connectivity index (χ3n) is 4.64. The Morgan fingerprint density at radius 1 is 1.07 bits per heavy atom. The predicted octanol–water partition coefficient (Wildman–Crippen LogP) is 1.91. The van der Waals surface area contributed by atoms with Gasteiger partial charge in [0.05, 0.1) is 6.61 Å². The van der Waals surface area contributed by atoms with Gasteiger partial charge in [-0.2, -0.15) is 0 Å². The number of nitrogens with zero attached hydrogens (tertiary/aromatic N) is 5. The van der Waals surface area contributed by atoms with Crippen LogP contribution in [0.5, 0.6) is 0 Å². The summed E-state index contributed by atoms with van der Waals surface area (Å²) in [7, 11) is 1.83. The maximum atomic E-state index is 5.58. The summed E-state index contributed by atoms with van der Waals surface area (Å²) in [4.78, 5) is 17.6. The number of benzene rings is 1. The SMILES string of the molecule is CCOCc1ccccc1CNC(=NC)N1CCN(c2ncccn2)CC1. The van der Waals surface area contributed by atoms with Crippen LogP contribution in [0.25, 0.3) is 0 Å². The van der Waals surface area contributed by atoms with E-state index in [4.69, 9.17) is 4.74 Å². The first kappa shape index (κ1) is 19.1. The first-order valence-electron chi connectivity index (χ1n) is 9.44. The molecule has 0 atom stereocenters. The van der Waals surface area contributed by atoms with Gasteiger partial charge >= 0.3 is 0 Å². The molecule has 2 heterocycles. The maximum Gasteiger partial charge on any atom is 0.225 e. The van der Waals surface area contributed by atoms with E-state index in [1.807, 2.05) is 20.0 Å². The van der Waals surface area contributed by atoms with E-state index in [1.54, 1.807) is 12.4 Å². The van der Waals surface area contributed by atoms with Crippen molar-refractivity contribution < 1.29 is 4.74 Å². The van der Waals surface area contributed by atoms with E-state index in [1.165, 1.54) is 11.1 Å². The molecule has 1 saturated heterocycles. The maximum absolute atomic E-state index is 5.58. The smallest absolute Gasteiger partial charge is 0.225 e. The molecule has 1 aliphatic heterocycles. The lowest BCUT2D eigenvalue weighted by atomic mass is 10.1. The fourth-order valence-corrected chi connectivity index (χ4v) is 3.16. The second-order valence-corrected chi connectivity index (χ2v) is 6.33. The van der Waals surface area contributed by atoms with Crippen molar-refractivity contribution in [3.63, 3.8) is 0 Å². The van der Waals surface area contributed by atoms with Gasteiger partial charge in [-0.05, 0) is 24.1 Å². The van der Waals surface area contributed by atoms with Gasteiger partial charge in [0.2, 0.25) is 5.95 Å². The molecule has 0 unspecified atom stereocenters. The Hall–Kier alpha value is -2.67. The molecule has 0 aliphatic carbocycles. The van der Waals surface area contributed by atoms with Crippen molar-refractivity contribution in [2.45, 2.75) is 20.1 Å². The largest absolute Gasteiger partial charge is 0.377 e. The molecular formula is C20H28N6O. The van der Waals surface area contributed by atoms with E-state index >= 15 is 0 Å². The quantitative estimate of drug-likeness (QED) is 0.621. The zero-order chi connectivity index (χ0) is 18.9. The molecule has 1 N–H and O–H groups in total. The fourth-order valence-electron chi connectivity index (χ4n) is 3.16. The average molecular weight is 368 g/mol. The summed E-state index contributed by atoms with van der Waals surface area (Å²) in [6, 6.07) is 10.2. The number of hydrogen-bond donors (Lipinski definition) is 1. The second kappa shape index (κ2) is 9.87. The van der Waals surface area contributed by atoms with Crippen LogP contribution in [-0.4, -0.2) is 60.7 Å². The minimum Gasteiger partial charge on any atom is -0.377 e. The lowest BCUT2D eigenvalue weighted by Crippen LogP contribution is -2.52. The summed E-state index contributed by atoms with van der Waals surface area (Å²) >= 11 is 0. The van der Waals surface area contributed by atoms with E-state index in [-0.39, 0.29) is 0 Å². The van der Waals surface area contributed by atoms with Crippen LogP contribution in [0.3, 0.4) is 0 Å². The minimum absolute atomic E-state index is 0.642. The molecule has 0 radical (unpaired) electrons. The number of aliphatic imine (C=N–C) groups is 1. The van der Waals surface area contributed by atoms with Gasteiger partial charge in [-0.15, -0.1) is 0 Å². The van der Waals surface area contributed by atoms with Gasteiger partial charge in [-0.25, -0.2) is 9.97 Å². The zero-order valence-corrected chi connectivity index (χ0v) is 16.1. The molecule has 1 aromatic carbocycles. The van der Waals surface area contributed by atoms with Gasteiger partial charge in [-0.3, -0.25) is 4.99 Å². The number of nitrogens with one attached hydrogen (secondary N) is 1. The molecular weight excluding hydrogens is 340 g/mol. The summed E-state index contributed by atoms with van der Waals surface area (Å²) in [5.74, 6) is 1.72. The number of aromatic nitrogens is 2. The second-order valence-electron chi connectivity index (χ2n) is 6.33. The van der Waals surface area contributed by atoms with Crippen LogP contribution in [0.1, 0.15) is 18.1 Å². The summed E-state index contributed by atoms with van der Waals surface area (Å²) in [5, 5.41) is 3.50. The van der Waals surface area contributed by atoms with E-state index in [9.17, 15) is 0 Å². The molecule has 27 heavy (non-hydrogen) atoms. The van der Waals surface area contributed by atoms with Crippen LogP contribution in [0.15, 0.2) is 47.7 Å².